The van der Waals surface area contributed by atoms with Crippen LogP contribution in [0.4, 0.5) is 5.69 Å². The number of ketones is 1. The normalized spacial score (nSPS) is 12.5. The molecule has 0 aromatic heterocycles. The Bertz CT molecular complexity index is 681. The first-order chi connectivity index (χ1) is 11.2. The molecule has 0 heterocycles. The van der Waals surface area contributed by atoms with E-state index in [0.717, 1.165) is 6.08 Å². The molecule has 130 valence electrons. The van der Waals surface area contributed by atoms with Crippen LogP contribution in [0.1, 0.15) is 34.1 Å². The number of anilines is 1. The van der Waals surface area contributed by atoms with Gasteiger partial charge in [-0.25, -0.2) is 9.59 Å². The predicted molar refractivity (Wildman–Crippen MR) is 85.6 cm³/mol. The molecule has 0 saturated carbocycles. The fourth-order valence-corrected chi connectivity index (χ4v) is 2.14. The lowest BCUT2D eigenvalue weighted by atomic mass is 10.0. The zero-order chi connectivity index (χ0) is 18.4. The third-order valence-electron chi connectivity index (χ3n) is 3.46. The van der Waals surface area contributed by atoms with Gasteiger partial charge in [0.15, 0.2) is 5.76 Å². The third-order valence-corrected chi connectivity index (χ3v) is 3.46. The summed E-state index contributed by atoms with van der Waals surface area (Å²) in [6, 6.07) is 4.04. The molecular weight excluding hydrogens is 318 g/mol. The van der Waals surface area contributed by atoms with E-state index in [1.54, 1.807) is 0 Å². The van der Waals surface area contributed by atoms with Gasteiger partial charge in [-0.05, 0) is 31.6 Å². The van der Waals surface area contributed by atoms with Gasteiger partial charge in [0.05, 0.1) is 16.8 Å². The Morgan fingerprint density at radius 1 is 1.17 bits per heavy atom. The average molecular weight is 337 g/mol. The van der Waals surface area contributed by atoms with E-state index in [-0.39, 0.29) is 29.8 Å². The first kappa shape index (κ1) is 19.2. The van der Waals surface area contributed by atoms with E-state index in [2.05, 4.69) is 0 Å². The molecule has 0 bridgehead atoms. The number of carbonyl (C=O) groups excluding carboxylic acids is 1. The van der Waals surface area contributed by atoms with Crippen LogP contribution in [-0.2, 0) is 4.79 Å². The first-order valence-corrected chi connectivity index (χ1v) is 7.09. The quantitative estimate of drug-likeness (QED) is 0.412. The van der Waals surface area contributed by atoms with Crippen LogP contribution >= 0.6 is 0 Å². The van der Waals surface area contributed by atoms with Gasteiger partial charge in [-0.3, -0.25) is 4.79 Å². The summed E-state index contributed by atoms with van der Waals surface area (Å²) >= 11 is 0. The fourth-order valence-electron chi connectivity index (χ4n) is 2.14. The van der Waals surface area contributed by atoms with Gasteiger partial charge in [0.25, 0.3) is 0 Å². The Hall–Kier alpha value is -2.87. The number of rotatable bonds is 8. The van der Waals surface area contributed by atoms with Crippen molar-refractivity contribution in [3.63, 3.8) is 0 Å². The molecule has 1 aromatic carbocycles. The number of aliphatic hydroxyl groups is 2. The Morgan fingerprint density at radius 2 is 1.79 bits per heavy atom. The number of carboxylic acid groups (broad SMARTS) is 2. The minimum Gasteiger partial charge on any atom is -0.505 e. The molecule has 4 N–H and O–H groups in total. The van der Waals surface area contributed by atoms with Crippen molar-refractivity contribution in [1.29, 1.82) is 0 Å². The standard InChI is InChI=1S/C16H19NO7/c1-3-11(18)14(20)12(19)7-8-17(2)10-6-4-5-9(15(21)22)13(10)16(23)24/h3-6,12,18-19H,7-8H2,1-2H3,(H,21,22)(H,23,24). The van der Waals surface area contributed by atoms with Crippen molar-refractivity contribution < 1.29 is 34.8 Å². The molecule has 8 heteroatoms. The fraction of sp³-hybridized carbons (Fsp3) is 0.312. The lowest BCUT2D eigenvalue weighted by Crippen LogP contribution is -2.30. The molecule has 24 heavy (non-hydrogen) atoms. The molecule has 1 aromatic rings. The SMILES string of the molecule is CC=C(O)C(=O)C(O)CCN(C)c1cccc(C(=O)O)c1C(=O)O. The highest BCUT2D eigenvalue weighted by Gasteiger charge is 2.23. The number of nitrogens with zero attached hydrogens (tertiary/aromatic N) is 1. The van der Waals surface area contributed by atoms with E-state index in [0.29, 0.717) is 0 Å². The van der Waals surface area contributed by atoms with Gasteiger partial charge in [-0.15, -0.1) is 0 Å². The summed E-state index contributed by atoms with van der Waals surface area (Å²) in [6.45, 7) is 1.52. The number of hydrogen-bond donors (Lipinski definition) is 4. The lowest BCUT2D eigenvalue weighted by molar-refractivity contribution is -0.126. The summed E-state index contributed by atoms with van der Waals surface area (Å²) in [7, 11) is 1.51. The molecular formula is C16H19NO7. The minimum atomic E-state index is -1.44. The smallest absolute Gasteiger partial charge is 0.338 e. The predicted octanol–water partition coefficient (Wildman–Crippen LogP) is 1.30. The first-order valence-electron chi connectivity index (χ1n) is 7.09. The van der Waals surface area contributed by atoms with Crippen molar-refractivity contribution in [2.24, 2.45) is 0 Å². The Labute approximate surface area is 138 Å². The largest absolute Gasteiger partial charge is 0.505 e. The van der Waals surface area contributed by atoms with Crippen molar-refractivity contribution in [2.45, 2.75) is 19.4 Å². The van der Waals surface area contributed by atoms with Crippen molar-refractivity contribution in [3.05, 3.63) is 41.2 Å². The summed E-state index contributed by atoms with van der Waals surface area (Å²) < 4.78 is 0. The Kier molecular flexibility index (Phi) is 6.48. The maximum atomic E-state index is 11.6. The van der Waals surface area contributed by atoms with E-state index in [1.165, 1.54) is 37.1 Å². The van der Waals surface area contributed by atoms with Crippen LogP contribution in [0.25, 0.3) is 0 Å². The van der Waals surface area contributed by atoms with Gasteiger partial charge in [0, 0.05) is 13.6 Å². The molecule has 0 spiro atoms. The van der Waals surface area contributed by atoms with Crippen molar-refractivity contribution in [1.82, 2.24) is 0 Å². The van der Waals surface area contributed by atoms with Crippen LogP contribution in [0.2, 0.25) is 0 Å². The maximum Gasteiger partial charge on any atom is 0.338 e. The monoisotopic (exact) mass is 337 g/mol. The molecule has 0 radical (unpaired) electrons. The molecule has 0 aliphatic heterocycles. The second kappa shape index (κ2) is 8.11. The number of carboxylic acids is 2. The summed E-state index contributed by atoms with van der Waals surface area (Å²) in [5.41, 5.74) is -0.572. The maximum absolute atomic E-state index is 11.6. The van der Waals surface area contributed by atoms with Gasteiger partial charge in [0.1, 0.15) is 6.10 Å². The third kappa shape index (κ3) is 4.32. The van der Waals surface area contributed by atoms with Crippen LogP contribution in [0.3, 0.4) is 0 Å². The Morgan fingerprint density at radius 3 is 2.29 bits per heavy atom. The molecule has 0 saturated heterocycles. The van der Waals surface area contributed by atoms with Crippen LogP contribution in [0.5, 0.6) is 0 Å². The number of hydrogen-bond acceptors (Lipinski definition) is 6. The highest BCUT2D eigenvalue weighted by molar-refractivity contribution is 6.06. The molecule has 1 atom stereocenters. The summed E-state index contributed by atoms with van der Waals surface area (Å²) in [5, 5.41) is 37.4. The number of allylic oxidation sites excluding steroid dienone is 1. The van der Waals surface area contributed by atoms with E-state index in [4.69, 9.17) is 5.11 Å². The molecule has 0 amide bonds. The molecule has 0 fully saturated rings. The zero-order valence-corrected chi connectivity index (χ0v) is 13.3. The van der Waals surface area contributed by atoms with E-state index < -0.39 is 29.6 Å². The van der Waals surface area contributed by atoms with Crippen molar-refractivity contribution in [2.75, 3.05) is 18.5 Å². The minimum absolute atomic E-state index is 0.0659. The Balaban J connectivity index is 2.98. The number of carbonyl (C=O) groups is 3. The van der Waals surface area contributed by atoms with E-state index in [9.17, 15) is 29.7 Å². The number of Topliss-reactive ketones (excluding diaryl/α,β-unsaturated/α-hetero) is 1. The van der Waals surface area contributed by atoms with E-state index in [1.807, 2.05) is 0 Å². The van der Waals surface area contributed by atoms with Crippen molar-refractivity contribution >= 4 is 23.4 Å². The van der Waals surface area contributed by atoms with Crippen LogP contribution in [0, 0.1) is 0 Å². The van der Waals surface area contributed by atoms with Crippen LogP contribution < -0.4 is 4.90 Å². The van der Waals surface area contributed by atoms with Crippen molar-refractivity contribution in [3.8, 4) is 0 Å². The van der Waals surface area contributed by atoms with E-state index >= 15 is 0 Å². The highest BCUT2D eigenvalue weighted by Crippen LogP contribution is 2.24. The second-order valence-electron chi connectivity index (χ2n) is 5.07. The zero-order valence-electron chi connectivity index (χ0n) is 13.3. The van der Waals surface area contributed by atoms with Gasteiger partial charge < -0.3 is 25.3 Å². The second-order valence-corrected chi connectivity index (χ2v) is 5.07. The highest BCUT2D eigenvalue weighted by atomic mass is 16.4. The number of aliphatic hydroxyl groups excluding tert-OH is 2. The number of benzene rings is 1. The lowest BCUT2D eigenvalue weighted by Gasteiger charge is -2.23. The summed E-state index contributed by atoms with van der Waals surface area (Å²) in [5.74, 6) is -4.14. The molecule has 1 unspecified atom stereocenters. The van der Waals surface area contributed by atoms with Gasteiger partial charge in [-0.2, -0.15) is 0 Å². The van der Waals surface area contributed by atoms with Gasteiger partial charge in [0.2, 0.25) is 5.78 Å². The molecule has 0 aliphatic rings. The topological polar surface area (TPSA) is 135 Å². The molecule has 1 rings (SSSR count). The summed E-state index contributed by atoms with van der Waals surface area (Å²) in [4.78, 5) is 35.6. The van der Waals surface area contributed by atoms with Gasteiger partial charge in [-0.1, -0.05) is 6.07 Å². The summed E-state index contributed by atoms with van der Waals surface area (Å²) in [6.07, 6.45) is -0.350. The van der Waals surface area contributed by atoms with Crippen LogP contribution in [-0.4, -0.2) is 57.8 Å². The van der Waals surface area contributed by atoms with Crippen LogP contribution in [0.15, 0.2) is 30.0 Å². The average Bonchev–Trinajstić information content (AvgIpc) is 2.56. The number of aromatic carboxylic acids is 2. The molecule has 8 nitrogen and oxygen atoms in total. The van der Waals surface area contributed by atoms with Gasteiger partial charge >= 0.3 is 11.9 Å². The molecule has 0 aliphatic carbocycles.